The van der Waals surface area contributed by atoms with E-state index in [0.29, 0.717) is 13.1 Å². The number of benzene rings is 1. The van der Waals surface area contributed by atoms with Crippen LogP contribution < -0.4 is 5.32 Å². The predicted octanol–water partition coefficient (Wildman–Crippen LogP) is 1.70. The first-order chi connectivity index (χ1) is 11.3. The van der Waals surface area contributed by atoms with Crippen LogP contribution in [0.1, 0.15) is 43.5 Å². The number of aliphatic carboxylic acids is 1. The first-order valence-corrected chi connectivity index (χ1v) is 9.37. The molecule has 24 heavy (non-hydrogen) atoms. The molecule has 1 amide bonds. The number of nitrogens with one attached hydrogen (secondary N) is 1. The molecule has 2 N–H and O–H groups in total. The molecular formula is C16H24N2O5S. The van der Waals surface area contributed by atoms with Crippen LogP contribution >= 0.6 is 0 Å². The normalized spacial score (nSPS) is 11.5. The number of sulfonamides is 1. The van der Waals surface area contributed by atoms with Gasteiger partial charge in [-0.25, -0.2) is 8.42 Å². The lowest BCUT2D eigenvalue weighted by Crippen LogP contribution is -2.32. The molecule has 0 saturated heterocycles. The smallest absolute Gasteiger partial charge is 0.305 e. The van der Waals surface area contributed by atoms with Gasteiger partial charge in [0.25, 0.3) is 5.91 Å². The Morgan fingerprint density at radius 3 is 2.08 bits per heavy atom. The third kappa shape index (κ3) is 5.61. The fourth-order valence-electron chi connectivity index (χ4n) is 2.16. The zero-order valence-electron chi connectivity index (χ0n) is 14.0. The maximum Gasteiger partial charge on any atom is 0.305 e. The molecule has 0 spiro atoms. The average Bonchev–Trinajstić information content (AvgIpc) is 2.54. The van der Waals surface area contributed by atoms with E-state index in [4.69, 9.17) is 5.11 Å². The van der Waals surface area contributed by atoms with Crippen molar-refractivity contribution in [2.45, 2.75) is 38.0 Å². The Bertz CT molecular complexity index is 650. The highest BCUT2D eigenvalue weighted by Crippen LogP contribution is 2.17. The summed E-state index contributed by atoms with van der Waals surface area (Å²) in [6, 6.07) is 5.66. The molecule has 0 heterocycles. The zero-order valence-corrected chi connectivity index (χ0v) is 14.8. The fourth-order valence-corrected chi connectivity index (χ4v) is 3.79. The van der Waals surface area contributed by atoms with Crippen LogP contribution in [0.4, 0.5) is 0 Å². The maximum atomic E-state index is 12.6. The third-order valence-electron chi connectivity index (χ3n) is 3.32. The standard InChI is InChI=1S/C16H24N2O5S/c1-3-11-18(12-4-2)24(22,23)14-7-5-13(6-8-14)16(21)17-10-9-15(19)20/h5-8H,3-4,9-12H2,1-2H3,(H,17,21)(H,19,20). The van der Waals surface area contributed by atoms with Gasteiger partial charge in [-0.1, -0.05) is 13.8 Å². The lowest BCUT2D eigenvalue weighted by molar-refractivity contribution is -0.136. The highest BCUT2D eigenvalue weighted by atomic mass is 32.2. The molecule has 8 heteroatoms. The third-order valence-corrected chi connectivity index (χ3v) is 5.24. The molecule has 7 nitrogen and oxygen atoms in total. The largest absolute Gasteiger partial charge is 0.481 e. The van der Waals surface area contributed by atoms with Gasteiger partial charge in [0.15, 0.2) is 0 Å². The number of hydrogen-bond donors (Lipinski definition) is 2. The van der Waals surface area contributed by atoms with Crippen LogP contribution in [0.25, 0.3) is 0 Å². The minimum Gasteiger partial charge on any atom is -0.481 e. The van der Waals surface area contributed by atoms with Gasteiger partial charge in [-0.05, 0) is 37.1 Å². The number of amides is 1. The molecule has 134 valence electrons. The first-order valence-electron chi connectivity index (χ1n) is 7.93. The lowest BCUT2D eigenvalue weighted by atomic mass is 10.2. The predicted molar refractivity (Wildman–Crippen MR) is 90.4 cm³/mol. The van der Waals surface area contributed by atoms with E-state index < -0.39 is 21.9 Å². The number of rotatable bonds is 10. The van der Waals surface area contributed by atoms with Crippen molar-refractivity contribution in [3.8, 4) is 0 Å². The SMILES string of the molecule is CCCN(CCC)S(=O)(=O)c1ccc(C(=O)NCCC(=O)O)cc1. The van der Waals surface area contributed by atoms with Crippen LogP contribution in [0, 0.1) is 0 Å². The van der Waals surface area contributed by atoms with E-state index in [9.17, 15) is 18.0 Å². The van der Waals surface area contributed by atoms with Crippen LogP contribution in [0.5, 0.6) is 0 Å². The molecule has 1 aromatic rings. The topological polar surface area (TPSA) is 104 Å². The molecule has 0 fully saturated rings. The quantitative estimate of drug-likeness (QED) is 0.664. The minimum atomic E-state index is -3.57. The Balaban J connectivity index is 2.85. The summed E-state index contributed by atoms with van der Waals surface area (Å²) in [5.74, 6) is -1.43. The molecule has 1 rings (SSSR count). The van der Waals surface area contributed by atoms with Crippen LogP contribution in [0.15, 0.2) is 29.2 Å². The number of carbonyl (C=O) groups is 2. The van der Waals surface area contributed by atoms with Gasteiger partial charge in [0.2, 0.25) is 10.0 Å². The monoisotopic (exact) mass is 356 g/mol. The summed E-state index contributed by atoms with van der Waals surface area (Å²) in [4.78, 5) is 22.4. The van der Waals surface area contributed by atoms with Crippen molar-refractivity contribution < 1.29 is 23.1 Å². The molecule has 0 aliphatic heterocycles. The Hall–Kier alpha value is -1.93. The molecule has 0 radical (unpaired) electrons. The van der Waals surface area contributed by atoms with Gasteiger partial charge >= 0.3 is 5.97 Å². The molecule has 0 atom stereocenters. The minimum absolute atomic E-state index is 0.0228. The molecule has 0 aliphatic carbocycles. The van der Waals surface area contributed by atoms with Crippen molar-refractivity contribution in [1.82, 2.24) is 9.62 Å². The average molecular weight is 356 g/mol. The molecule has 0 aromatic heterocycles. The van der Waals surface area contributed by atoms with E-state index >= 15 is 0 Å². The van der Waals surface area contributed by atoms with E-state index in [1.54, 1.807) is 0 Å². The van der Waals surface area contributed by atoms with Crippen molar-refractivity contribution in [3.63, 3.8) is 0 Å². The van der Waals surface area contributed by atoms with E-state index in [0.717, 1.165) is 12.8 Å². The molecule has 1 aromatic carbocycles. The molecule has 0 aliphatic rings. The van der Waals surface area contributed by atoms with Gasteiger partial charge in [-0.3, -0.25) is 9.59 Å². The van der Waals surface area contributed by atoms with Crippen molar-refractivity contribution >= 4 is 21.9 Å². The van der Waals surface area contributed by atoms with Crippen molar-refractivity contribution in [2.24, 2.45) is 0 Å². The highest BCUT2D eigenvalue weighted by molar-refractivity contribution is 7.89. The summed E-state index contributed by atoms with van der Waals surface area (Å²) in [7, 11) is -3.57. The molecule has 0 saturated carbocycles. The summed E-state index contributed by atoms with van der Waals surface area (Å²) >= 11 is 0. The van der Waals surface area contributed by atoms with Gasteiger partial charge in [-0.15, -0.1) is 0 Å². The second kappa shape index (κ2) is 9.39. The maximum absolute atomic E-state index is 12.6. The van der Waals surface area contributed by atoms with Crippen LogP contribution in [0.3, 0.4) is 0 Å². The second-order valence-electron chi connectivity index (χ2n) is 5.33. The fraction of sp³-hybridized carbons (Fsp3) is 0.500. The van der Waals surface area contributed by atoms with Gasteiger partial charge in [-0.2, -0.15) is 4.31 Å². The van der Waals surface area contributed by atoms with E-state index in [-0.39, 0.29) is 23.4 Å². The Morgan fingerprint density at radius 2 is 1.62 bits per heavy atom. The van der Waals surface area contributed by atoms with Crippen molar-refractivity contribution in [2.75, 3.05) is 19.6 Å². The number of nitrogens with zero attached hydrogens (tertiary/aromatic N) is 1. The number of hydrogen-bond acceptors (Lipinski definition) is 4. The van der Waals surface area contributed by atoms with E-state index in [1.165, 1.54) is 28.6 Å². The highest BCUT2D eigenvalue weighted by Gasteiger charge is 2.23. The Labute approximate surface area is 142 Å². The first kappa shape index (κ1) is 20.1. The van der Waals surface area contributed by atoms with Crippen LogP contribution in [-0.2, 0) is 14.8 Å². The van der Waals surface area contributed by atoms with Crippen LogP contribution in [-0.4, -0.2) is 49.3 Å². The van der Waals surface area contributed by atoms with E-state index in [2.05, 4.69) is 5.32 Å². The summed E-state index contributed by atoms with van der Waals surface area (Å²) in [5, 5.41) is 11.0. The number of carboxylic acids is 1. The van der Waals surface area contributed by atoms with Crippen molar-refractivity contribution in [1.29, 1.82) is 0 Å². The summed E-state index contributed by atoms with van der Waals surface area (Å²) in [6.07, 6.45) is 1.29. The van der Waals surface area contributed by atoms with Crippen molar-refractivity contribution in [3.05, 3.63) is 29.8 Å². The molecular weight excluding hydrogens is 332 g/mol. The van der Waals surface area contributed by atoms with Gasteiger partial charge in [0.05, 0.1) is 11.3 Å². The summed E-state index contributed by atoms with van der Waals surface area (Å²) < 4.78 is 26.6. The van der Waals surface area contributed by atoms with Gasteiger partial charge in [0, 0.05) is 25.2 Å². The second-order valence-corrected chi connectivity index (χ2v) is 7.27. The van der Waals surface area contributed by atoms with Gasteiger partial charge in [0.1, 0.15) is 0 Å². The zero-order chi connectivity index (χ0) is 18.2. The van der Waals surface area contributed by atoms with Gasteiger partial charge < -0.3 is 10.4 Å². The Morgan fingerprint density at radius 1 is 1.08 bits per heavy atom. The van der Waals surface area contributed by atoms with E-state index in [1.807, 2.05) is 13.8 Å². The summed E-state index contributed by atoms with van der Waals surface area (Å²) in [6.45, 7) is 4.77. The molecule has 0 unspecified atom stereocenters. The lowest BCUT2D eigenvalue weighted by Gasteiger charge is -2.21. The molecule has 0 bridgehead atoms. The number of carbonyl (C=O) groups excluding carboxylic acids is 1. The number of carboxylic acid groups (broad SMARTS) is 1. The summed E-state index contributed by atoms with van der Waals surface area (Å²) in [5.41, 5.74) is 0.289. The van der Waals surface area contributed by atoms with Crippen LogP contribution in [0.2, 0.25) is 0 Å². The Kier molecular flexibility index (Phi) is 7.87.